The quantitative estimate of drug-likeness (QED) is 0.735. The van der Waals surface area contributed by atoms with Gasteiger partial charge in [0.15, 0.2) is 0 Å². The molecule has 0 fully saturated rings. The standard InChI is InChI=1S/C20H28N2O/c1-19(2,3)12-13-10-11-15-14(13)8-7-9-16(15)17-21-18(23-22-17)20(4,5)6/h7-9,13H,10-12H2,1-6H3/t13-/m0/s1. The van der Waals surface area contributed by atoms with Gasteiger partial charge in [-0.3, -0.25) is 0 Å². The Bertz CT molecular complexity index is 701. The zero-order valence-corrected chi connectivity index (χ0v) is 15.2. The lowest BCUT2D eigenvalue weighted by Crippen LogP contribution is -2.11. The summed E-state index contributed by atoms with van der Waals surface area (Å²) in [5.74, 6) is 2.09. The summed E-state index contributed by atoms with van der Waals surface area (Å²) in [5.41, 5.74) is 4.30. The van der Waals surface area contributed by atoms with Gasteiger partial charge >= 0.3 is 0 Å². The maximum Gasteiger partial charge on any atom is 0.232 e. The number of fused-ring (bicyclic) bond motifs is 1. The number of aromatic nitrogens is 2. The molecule has 1 aliphatic carbocycles. The summed E-state index contributed by atoms with van der Waals surface area (Å²) in [6.07, 6.45) is 3.57. The second-order valence-corrected chi connectivity index (χ2v) is 9.05. The van der Waals surface area contributed by atoms with E-state index in [0.717, 1.165) is 17.8 Å². The molecule has 0 amide bonds. The van der Waals surface area contributed by atoms with E-state index in [9.17, 15) is 0 Å². The first-order valence-electron chi connectivity index (χ1n) is 8.61. The molecular weight excluding hydrogens is 284 g/mol. The molecule has 1 heterocycles. The predicted molar refractivity (Wildman–Crippen MR) is 93.6 cm³/mol. The maximum absolute atomic E-state index is 5.49. The minimum absolute atomic E-state index is 0.113. The summed E-state index contributed by atoms with van der Waals surface area (Å²) in [6, 6.07) is 6.56. The van der Waals surface area contributed by atoms with Gasteiger partial charge < -0.3 is 4.52 Å². The molecule has 0 N–H and O–H groups in total. The molecule has 0 saturated carbocycles. The van der Waals surface area contributed by atoms with E-state index in [-0.39, 0.29) is 5.41 Å². The molecule has 2 aromatic rings. The summed E-state index contributed by atoms with van der Waals surface area (Å²) in [5, 5.41) is 4.24. The smallest absolute Gasteiger partial charge is 0.232 e. The highest BCUT2D eigenvalue weighted by Gasteiger charge is 2.30. The van der Waals surface area contributed by atoms with Crippen molar-refractivity contribution in [3.63, 3.8) is 0 Å². The van der Waals surface area contributed by atoms with Crippen molar-refractivity contribution in [3.05, 3.63) is 35.2 Å². The van der Waals surface area contributed by atoms with Gasteiger partial charge in [-0.15, -0.1) is 0 Å². The van der Waals surface area contributed by atoms with Crippen LogP contribution in [0.5, 0.6) is 0 Å². The minimum Gasteiger partial charge on any atom is -0.338 e. The third-order valence-electron chi connectivity index (χ3n) is 4.56. The van der Waals surface area contributed by atoms with Crippen LogP contribution in [0.4, 0.5) is 0 Å². The van der Waals surface area contributed by atoms with Gasteiger partial charge in [-0.05, 0) is 41.7 Å². The lowest BCUT2D eigenvalue weighted by atomic mass is 9.82. The SMILES string of the molecule is CC(C)(C)C[C@@H]1CCc2c(-c3noc(C(C)(C)C)n3)cccc21. The Morgan fingerprint density at radius 3 is 2.48 bits per heavy atom. The van der Waals surface area contributed by atoms with E-state index in [1.807, 2.05) is 0 Å². The van der Waals surface area contributed by atoms with E-state index < -0.39 is 0 Å². The van der Waals surface area contributed by atoms with Crippen molar-refractivity contribution in [2.24, 2.45) is 5.41 Å². The first kappa shape index (κ1) is 16.2. The lowest BCUT2D eigenvalue weighted by molar-refractivity contribution is 0.321. The second kappa shape index (κ2) is 5.47. The highest BCUT2D eigenvalue weighted by molar-refractivity contribution is 5.64. The molecule has 23 heavy (non-hydrogen) atoms. The van der Waals surface area contributed by atoms with E-state index in [1.54, 1.807) is 0 Å². The van der Waals surface area contributed by atoms with Crippen LogP contribution in [0.3, 0.4) is 0 Å². The zero-order valence-electron chi connectivity index (χ0n) is 15.2. The van der Waals surface area contributed by atoms with Crippen molar-refractivity contribution in [2.45, 2.75) is 72.1 Å². The van der Waals surface area contributed by atoms with E-state index in [2.05, 4.69) is 69.9 Å². The van der Waals surface area contributed by atoms with E-state index in [4.69, 9.17) is 4.52 Å². The Balaban J connectivity index is 1.96. The van der Waals surface area contributed by atoms with Gasteiger partial charge in [-0.1, -0.05) is 64.9 Å². The van der Waals surface area contributed by atoms with Crippen molar-refractivity contribution in [1.29, 1.82) is 0 Å². The van der Waals surface area contributed by atoms with E-state index in [0.29, 0.717) is 17.2 Å². The van der Waals surface area contributed by atoms with Crippen molar-refractivity contribution in [2.75, 3.05) is 0 Å². The molecular formula is C20H28N2O. The van der Waals surface area contributed by atoms with Crippen LogP contribution in [0.2, 0.25) is 0 Å². The lowest BCUT2D eigenvalue weighted by Gasteiger charge is -2.23. The first-order chi connectivity index (χ1) is 10.6. The van der Waals surface area contributed by atoms with Crippen LogP contribution < -0.4 is 0 Å². The van der Waals surface area contributed by atoms with Crippen LogP contribution in [0.25, 0.3) is 11.4 Å². The summed E-state index contributed by atoms with van der Waals surface area (Å²) < 4.78 is 5.49. The largest absolute Gasteiger partial charge is 0.338 e. The molecule has 3 heteroatoms. The number of nitrogens with zero attached hydrogens (tertiary/aromatic N) is 2. The molecule has 0 radical (unpaired) electrons. The fourth-order valence-corrected chi connectivity index (χ4v) is 3.54. The van der Waals surface area contributed by atoms with Gasteiger partial charge in [0.05, 0.1) is 0 Å². The average molecular weight is 312 g/mol. The third kappa shape index (κ3) is 3.34. The normalized spacial score (nSPS) is 18.3. The second-order valence-electron chi connectivity index (χ2n) is 9.05. The van der Waals surface area contributed by atoms with E-state index >= 15 is 0 Å². The summed E-state index contributed by atoms with van der Waals surface area (Å²) in [7, 11) is 0. The van der Waals surface area contributed by atoms with Gasteiger partial charge in [-0.2, -0.15) is 4.98 Å². The Morgan fingerprint density at radius 1 is 1.13 bits per heavy atom. The summed E-state index contributed by atoms with van der Waals surface area (Å²) in [6.45, 7) is 13.3. The molecule has 3 nitrogen and oxygen atoms in total. The maximum atomic E-state index is 5.49. The van der Waals surface area contributed by atoms with Crippen LogP contribution in [0.1, 0.15) is 77.3 Å². The van der Waals surface area contributed by atoms with Gasteiger partial charge in [0, 0.05) is 11.0 Å². The molecule has 1 aliphatic rings. The van der Waals surface area contributed by atoms with Gasteiger partial charge in [0.25, 0.3) is 0 Å². The zero-order chi connectivity index (χ0) is 16.8. The van der Waals surface area contributed by atoms with Gasteiger partial charge in [-0.25, -0.2) is 0 Å². The van der Waals surface area contributed by atoms with Crippen LogP contribution >= 0.6 is 0 Å². The molecule has 0 saturated heterocycles. The minimum atomic E-state index is -0.113. The first-order valence-corrected chi connectivity index (χ1v) is 8.61. The molecule has 3 rings (SSSR count). The molecule has 0 unspecified atom stereocenters. The van der Waals surface area contributed by atoms with Crippen molar-refractivity contribution < 1.29 is 4.52 Å². The monoisotopic (exact) mass is 312 g/mol. The van der Waals surface area contributed by atoms with Crippen LogP contribution in [-0.2, 0) is 11.8 Å². The Kier molecular flexibility index (Phi) is 3.86. The molecule has 1 atom stereocenters. The number of hydrogen-bond donors (Lipinski definition) is 0. The van der Waals surface area contributed by atoms with Crippen molar-refractivity contribution >= 4 is 0 Å². The fourth-order valence-electron chi connectivity index (χ4n) is 3.54. The summed E-state index contributed by atoms with van der Waals surface area (Å²) in [4.78, 5) is 4.65. The predicted octanol–water partition coefficient (Wildman–Crippen LogP) is 5.50. The molecule has 1 aromatic heterocycles. The Morgan fingerprint density at radius 2 is 1.87 bits per heavy atom. The van der Waals surface area contributed by atoms with Crippen LogP contribution in [0.15, 0.2) is 22.7 Å². The highest BCUT2D eigenvalue weighted by atomic mass is 16.5. The van der Waals surface area contributed by atoms with E-state index in [1.165, 1.54) is 24.0 Å². The molecule has 0 bridgehead atoms. The van der Waals surface area contributed by atoms with Gasteiger partial charge in [0.1, 0.15) is 0 Å². The van der Waals surface area contributed by atoms with Crippen LogP contribution in [-0.4, -0.2) is 10.1 Å². The molecule has 1 aromatic carbocycles. The number of rotatable bonds is 2. The molecule has 124 valence electrons. The topological polar surface area (TPSA) is 38.9 Å². The fraction of sp³-hybridized carbons (Fsp3) is 0.600. The molecule has 0 spiro atoms. The highest BCUT2D eigenvalue weighted by Crippen LogP contribution is 2.43. The number of hydrogen-bond acceptors (Lipinski definition) is 3. The van der Waals surface area contributed by atoms with Crippen molar-refractivity contribution in [3.8, 4) is 11.4 Å². The van der Waals surface area contributed by atoms with Gasteiger partial charge in [0.2, 0.25) is 11.7 Å². The van der Waals surface area contributed by atoms with Crippen molar-refractivity contribution in [1.82, 2.24) is 10.1 Å². The molecule has 0 aliphatic heterocycles. The summed E-state index contributed by atoms with van der Waals surface area (Å²) >= 11 is 0. The Hall–Kier alpha value is -1.64. The third-order valence-corrected chi connectivity index (χ3v) is 4.56. The number of benzene rings is 1. The Labute approximate surface area is 139 Å². The average Bonchev–Trinajstić information content (AvgIpc) is 3.03. The van der Waals surface area contributed by atoms with Crippen LogP contribution in [0, 0.1) is 5.41 Å².